The minimum absolute atomic E-state index is 0.432. The first kappa shape index (κ1) is 13.3. The topological polar surface area (TPSA) is 70.3 Å². The van der Waals surface area contributed by atoms with Crippen molar-refractivity contribution in [2.75, 3.05) is 13.7 Å². The number of nitrogens with zero attached hydrogens (tertiary/aromatic N) is 2. The van der Waals surface area contributed by atoms with Crippen molar-refractivity contribution in [2.45, 2.75) is 13.0 Å². The second-order valence-corrected chi connectivity index (χ2v) is 3.90. The summed E-state index contributed by atoms with van der Waals surface area (Å²) in [5.74, 6) is 1.19. The molecular formula is C14H17N3O2. The van der Waals surface area contributed by atoms with Crippen LogP contribution in [-0.4, -0.2) is 23.7 Å². The van der Waals surface area contributed by atoms with E-state index in [0.717, 1.165) is 11.3 Å². The van der Waals surface area contributed by atoms with Gasteiger partial charge in [-0.1, -0.05) is 18.2 Å². The Labute approximate surface area is 112 Å². The lowest BCUT2D eigenvalue weighted by Gasteiger charge is -2.17. The molecule has 19 heavy (non-hydrogen) atoms. The highest BCUT2D eigenvalue weighted by Crippen LogP contribution is 2.30. The Balaban J connectivity index is 2.41. The Bertz CT molecular complexity index is 546. The van der Waals surface area contributed by atoms with Crippen molar-refractivity contribution < 1.29 is 9.47 Å². The second kappa shape index (κ2) is 6.15. The molecule has 5 nitrogen and oxygen atoms in total. The van der Waals surface area contributed by atoms with Gasteiger partial charge in [0.25, 0.3) is 0 Å². The van der Waals surface area contributed by atoms with Crippen LogP contribution < -0.4 is 15.2 Å². The standard InChI is InChI=1S/C14H17N3O2/c1-3-19-11-7-5-4-6-10(11)12(15)13-14(18-2)17-9-8-16-13/h4-9,12H,3,15H2,1-2H3. The molecule has 1 heterocycles. The third-order valence-electron chi connectivity index (χ3n) is 2.73. The van der Waals surface area contributed by atoms with Crippen LogP contribution in [0.4, 0.5) is 0 Å². The molecule has 0 aliphatic rings. The molecule has 2 N–H and O–H groups in total. The molecule has 2 rings (SSSR count). The van der Waals surface area contributed by atoms with Crippen LogP contribution in [0, 0.1) is 0 Å². The van der Waals surface area contributed by atoms with E-state index in [9.17, 15) is 0 Å². The van der Waals surface area contributed by atoms with Gasteiger partial charge in [-0.3, -0.25) is 4.98 Å². The van der Waals surface area contributed by atoms with Crippen molar-refractivity contribution in [2.24, 2.45) is 5.73 Å². The van der Waals surface area contributed by atoms with Gasteiger partial charge >= 0.3 is 0 Å². The zero-order valence-corrected chi connectivity index (χ0v) is 11.0. The number of hydrogen-bond donors (Lipinski definition) is 1. The predicted octanol–water partition coefficient (Wildman–Crippen LogP) is 1.93. The third kappa shape index (κ3) is 2.82. The molecule has 1 aromatic carbocycles. The first-order chi connectivity index (χ1) is 9.27. The molecule has 100 valence electrons. The van der Waals surface area contributed by atoms with Gasteiger partial charge in [-0.15, -0.1) is 0 Å². The number of nitrogens with two attached hydrogens (primary N) is 1. The lowest BCUT2D eigenvalue weighted by molar-refractivity contribution is 0.334. The highest BCUT2D eigenvalue weighted by molar-refractivity contribution is 5.41. The molecule has 0 saturated carbocycles. The van der Waals surface area contributed by atoms with E-state index in [1.54, 1.807) is 19.5 Å². The van der Waals surface area contributed by atoms with Crippen LogP contribution in [0.25, 0.3) is 0 Å². The summed E-state index contributed by atoms with van der Waals surface area (Å²) in [4.78, 5) is 8.37. The smallest absolute Gasteiger partial charge is 0.237 e. The molecule has 0 saturated heterocycles. The second-order valence-electron chi connectivity index (χ2n) is 3.90. The summed E-state index contributed by atoms with van der Waals surface area (Å²) in [6.45, 7) is 2.52. The molecule has 0 amide bonds. The zero-order valence-electron chi connectivity index (χ0n) is 11.0. The lowest BCUT2D eigenvalue weighted by atomic mass is 10.0. The summed E-state index contributed by atoms with van der Waals surface area (Å²) < 4.78 is 10.8. The van der Waals surface area contributed by atoms with Gasteiger partial charge in [0.2, 0.25) is 5.88 Å². The van der Waals surface area contributed by atoms with Crippen LogP contribution in [0.3, 0.4) is 0 Å². The van der Waals surface area contributed by atoms with Crippen LogP contribution in [0.1, 0.15) is 24.2 Å². The van der Waals surface area contributed by atoms with E-state index in [4.69, 9.17) is 15.2 Å². The van der Waals surface area contributed by atoms with E-state index in [-0.39, 0.29) is 0 Å². The molecular weight excluding hydrogens is 242 g/mol. The van der Waals surface area contributed by atoms with Crippen molar-refractivity contribution in [3.63, 3.8) is 0 Å². The molecule has 1 aromatic heterocycles. The maximum absolute atomic E-state index is 6.26. The molecule has 0 fully saturated rings. The lowest BCUT2D eigenvalue weighted by Crippen LogP contribution is -2.16. The maximum atomic E-state index is 6.26. The van der Waals surface area contributed by atoms with Crippen LogP contribution in [0.5, 0.6) is 11.6 Å². The number of ether oxygens (including phenoxy) is 2. The molecule has 1 unspecified atom stereocenters. The molecule has 0 aliphatic carbocycles. The summed E-state index contributed by atoms with van der Waals surface area (Å²) in [6, 6.07) is 7.20. The zero-order chi connectivity index (χ0) is 13.7. The van der Waals surface area contributed by atoms with Crippen molar-refractivity contribution in [3.8, 4) is 11.6 Å². The van der Waals surface area contributed by atoms with Gasteiger partial charge in [-0.25, -0.2) is 4.98 Å². The minimum Gasteiger partial charge on any atom is -0.494 e. The predicted molar refractivity (Wildman–Crippen MR) is 72.2 cm³/mol. The Kier molecular flexibility index (Phi) is 4.30. The van der Waals surface area contributed by atoms with E-state index < -0.39 is 6.04 Å². The number of para-hydroxylation sites is 1. The fourth-order valence-electron chi connectivity index (χ4n) is 1.88. The van der Waals surface area contributed by atoms with Crippen LogP contribution in [0.15, 0.2) is 36.7 Å². The molecule has 0 bridgehead atoms. The summed E-state index contributed by atoms with van der Waals surface area (Å²) in [7, 11) is 1.55. The van der Waals surface area contributed by atoms with E-state index in [2.05, 4.69) is 9.97 Å². The Morgan fingerprint density at radius 2 is 1.95 bits per heavy atom. The number of hydrogen-bond acceptors (Lipinski definition) is 5. The normalized spacial score (nSPS) is 11.9. The van der Waals surface area contributed by atoms with Gasteiger partial charge in [-0.2, -0.15) is 0 Å². The van der Waals surface area contributed by atoms with E-state index in [0.29, 0.717) is 18.2 Å². The monoisotopic (exact) mass is 259 g/mol. The molecule has 2 aromatic rings. The highest BCUT2D eigenvalue weighted by Gasteiger charge is 2.19. The van der Waals surface area contributed by atoms with E-state index in [1.807, 2.05) is 31.2 Å². The summed E-state index contributed by atoms with van der Waals surface area (Å²) in [5, 5.41) is 0. The Morgan fingerprint density at radius 3 is 2.68 bits per heavy atom. The molecule has 0 radical (unpaired) electrons. The molecule has 0 spiro atoms. The van der Waals surface area contributed by atoms with Gasteiger partial charge < -0.3 is 15.2 Å². The van der Waals surface area contributed by atoms with Crippen LogP contribution >= 0.6 is 0 Å². The van der Waals surface area contributed by atoms with Gasteiger partial charge in [0.1, 0.15) is 11.4 Å². The summed E-state index contributed by atoms with van der Waals surface area (Å²) in [5.41, 5.74) is 7.72. The molecule has 5 heteroatoms. The number of benzene rings is 1. The van der Waals surface area contributed by atoms with Gasteiger partial charge in [0, 0.05) is 18.0 Å². The third-order valence-corrected chi connectivity index (χ3v) is 2.73. The van der Waals surface area contributed by atoms with Crippen molar-refractivity contribution >= 4 is 0 Å². The SMILES string of the molecule is CCOc1ccccc1C(N)c1nccnc1OC. The number of rotatable bonds is 5. The Hall–Kier alpha value is -2.14. The average Bonchev–Trinajstić information content (AvgIpc) is 2.47. The largest absolute Gasteiger partial charge is 0.494 e. The van der Waals surface area contributed by atoms with Crippen molar-refractivity contribution in [1.82, 2.24) is 9.97 Å². The molecule has 1 atom stereocenters. The van der Waals surface area contributed by atoms with Gasteiger partial charge in [0.15, 0.2) is 0 Å². The average molecular weight is 259 g/mol. The summed E-state index contributed by atoms with van der Waals surface area (Å²) >= 11 is 0. The highest BCUT2D eigenvalue weighted by atomic mass is 16.5. The van der Waals surface area contributed by atoms with Crippen LogP contribution in [-0.2, 0) is 0 Å². The maximum Gasteiger partial charge on any atom is 0.237 e. The Morgan fingerprint density at radius 1 is 1.21 bits per heavy atom. The first-order valence-electron chi connectivity index (χ1n) is 6.10. The first-order valence-corrected chi connectivity index (χ1v) is 6.10. The van der Waals surface area contributed by atoms with Gasteiger partial charge in [-0.05, 0) is 13.0 Å². The number of methoxy groups -OCH3 is 1. The van der Waals surface area contributed by atoms with E-state index >= 15 is 0 Å². The van der Waals surface area contributed by atoms with Crippen molar-refractivity contribution in [1.29, 1.82) is 0 Å². The fraction of sp³-hybridized carbons (Fsp3) is 0.286. The minimum atomic E-state index is -0.439. The summed E-state index contributed by atoms with van der Waals surface area (Å²) in [6.07, 6.45) is 3.17. The van der Waals surface area contributed by atoms with Crippen molar-refractivity contribution in [3.05, 3.63) is 47.9 Å². The fourth-order valence-corrected chi connectivity index (χ4v) is 1.88. The quantitative estimate of drug-likeness (QED) is 0.888. The number of aromatic nitrogens is 2. The van der Waals surface area contributed by atoms with E-state index in [1.165, 1.54) is 0 Å². The molecule has 0 aliphatic heterocycles. The van der Waals surface area contributed by atoms with Crippen LogP contribution in [0.2, 0.25) is 0 Å². The van der Waals surface area contributed by atoms with Gasteiger partial charge in [0.05, 0.1) is 19.8 Å².